The number of nitrogens with one attached hydrogen (secondary N) is 2. The third-order valence-electron chi connectivity index (χ3n) is 3.19. The molecule has 0 bridgehead atoms. The molecular formula is C13H20ClN3OS. The van der Waals surface area contributed by atoms with Gasteiger partial charge in [0.15, 0.2) is 0 Å². The lowest BCUT2D eigenvalue weighted by Gasteiger charge is -2.30. The molecule has 0 aromatic carbocycles. The number of carbonyl (C=O) groups is 1. The van der Waals surface area contributed by atoms with Gasteiger partial charge in [-0.15, -0.1) is 24.2 Å². The number of hydrogen-bond donors (Lipinski definition) is 2. The van der Waals surface area contributed by atoms with Crippen molar-refractivity contribution in [2.24, 2.45) is 5.92 Å². The number of hydrogen-bond acceptors (Lipinski definition) is 4. The predicted octanol–water partition coefficient (Wildman–Crippen LogP) is 1.71. The molecule has 1 saturated heterocycles. The lowest BCUT2D eigenvalue weighted by molar-refractivity contribution is -0.119. The van der Waals surface area contributed by atoms with Crippen molar-refractivity contribution in [1.82, 2.24) is 15.6 Å². The lowest BCUT2D eigenvalue weighted by Crippen LogP contribution is -2.50. The highest BCUT2D eigenvalue weighted by Gasteiger charge is 2.22. The first-order chi connectivity index (χ1) is 8.75. The van der Waals surface area contributed by atoms with Gasteiger partial charge in [0, 0.05) is 29.9 Å². The highest BCUT2D eigenvalue weighted by Crippen LogP contribution is 2.16. The van der Waals surface area contributed by atoms with E-state index in [0.29, 0.717) is 11.7 Å². The van der Waals surface area contributed by atoms with Crippen LogP contribution in [0.25, 0.3) is 0 Å². The molecule has 0 spiro atoms. The Bertz CT molecular complexity index is 391. The van der Waals surface area contributed by atoms with Gasteiger partial charge >= 0.3 is 0 Å². The van der Waals surface area contributed by atoms with E-state index in [1.807, 2.05) is 12.1 Å². The third kappa shape index (κ3) is 5.38. The molecule has 0 aliphatic carbocycles. The molecular weight excluding hydrogens is 282 g/mol. The van der Waals surface area contributed by atoms with Gasteiger partial charge in [-0.3, -0.25) is 9.78 Å². The van der Waals surface area contributed by atoms with Gasteiger partial charge in [-0.1, -0.05) is 6.92 Å². The largest absolute Gasteiger partial charge is 0.351 e. The fourth-order valence-electron chi connectivity index (χ4n) is 2.01. The molecule has 0 radical (unpaired) electrons. The van der Waals surface area contributed by atoms with E-state index in [1.54, 1.807) is 24.2 Å². The molecule has 1 fully saturated rings. The van der Waals surface area contributed by atoms with Gasteiger partial charge in [0.25, 0.3) is 0 Å². The van der Waals surface area contributed by atoms with Crippen LogP contribution in [0.5, 0.6) is 0 Å². The first kappa shape index (κ1) is 16.3. The zero-order chi connectivity index (χ0) is 12.8. The molecule has 106 valence electrons. The van der Waals surface area contributed by atoms with Crippen molar-refractivity contribution in [2.45, 2.75) is 24.3 Å². The summed E-state index contributed by atoms with van der Waals surface area (Å²) < 4.78 is 0. The number of nitrogens with zero attached hydrogens (tertiary/aromatic N) is 1. The van der Waals surface area contributed by atoms with Crippen molar-refractivity contribution in [3.63, 3.8) is 0 Å². The normalized spacial score (nSPS) is 22.4. The molecule has 0 saturated carbocycles. The first-order valence-corrected chi connectivity index (χ1v) is 7.27. The fraction of sp³-hybridized carbons (Fsp3) is 0.538. The summed E-state index contributed by atoms with van der Waals surface area (Å²) in [5.74, 6) is 1.13. The maximum Gasteiger partial charge on any atom is 0.230 e. The summed E-state index contributed by atoms with van der Waals surface area (Å²) in [5.41, 5.74) is 0. The number of piperidine rings is 1. The summed E-state index contributed by atoms with van der Waals surface area (Å²) in [7, 11) is 0. The monoisotopic (exact) mass is 301 g/mol. The second-order valence-corrected chi connectivity index (χ2v) is 5.66. The Morgan fingerprint density at radius 3 is 2.95 bits per heavy atom. The van der Waals surface area contributed by atoms with E-state index in [-0.39, 0.29) is 24.4 Å². The maximum atomic E-state index is 11.9. The number of aromatic nitrogens is 1. The smallest absolute Gasteiger partial charge is 0.230 e. The van der Waals surface area contributed by atoms with Crippen LogP contribution in [0.1, 0.15) is 13.3 Å². The minimum Gasteiger partial charge on any atom is -0.351 e. The molecule has 2 atom stereocenters. The molecule has 1 amide bonds. The Hall–Kier alpha value is -0.780. The van der Waals surface area contributed by atoms with Crippen LogP contribution in [-0.4, -0.2) is 35.8 Å². The molecule has 2 rings (SSSR count). The van der Waals surface area contributed by atoms with Gasteiger partial charge in [0.2, 0.25) is 5.91 Å². The van der Waals surface area contributed by atoms with Crippen molar-refractivity contribution in [3.8, 4) is 0 Å². The molecule has 2 heterocycles. The number of thioether (sulfide) groups is 1. The van der Waals surface area contributed by atoms with E-state index < -0.39 is 0 Å². The summed E-state index contributed by atoms with van der Waals surface area (Å²) in [4.78, 5) is 16.9. The van der Waals surface area contributed by atoms with Gasteiger partial charge in [-0.05, 0) is 31.0 Å². The molecule has 2 unspecified atom stereocenters. The van der Waals surface area contributed by atoms with Gasteiger partial charge < -0.3 is 10.6 Å². The van der Waals surface area contributed by atoms with Crippen molar-refractivity contribution in [3.05, 3.63) is 24.5 Å². The van der Waals surface area contributed by atoms with Gasteiger partial charge in [0.1, 0.15) is 0 Å². The molecule has 1 aromatic heterocycles. The minimum atomic E-state index is 0. The Balaban J connectivity index is 0.00000180. The standard InChI is InChI=1S/C13H19N3OS.ClH/c1-10-2-5-15-8-12(10)16-13(17)9-18-11-3-6-14-7-4-11;/h3-4,6-7,10,12,15H,2,5,8-9H2,1H3,(H,16,17);1H. The lowest BCUT2D eigenvalue weighted by atomic mass is 9.95. The number of amides is 1. The highest BCUT2D eigenvalue weighted by atomic mass is 35.5. The highest BCUT2D eigenvalue weighted by molar-refractivity contribution is 8.00. The third-order valence-corrected chi connectivity index (χ3v) is 4.21. The zero-order valence-electron chi connectivity index (χ0n) is 11.0. The molecule has 1 aliphatic heterocycles. The van der Waals surface area contributed by atoms with Crippen LogP contribution in [-0.2, 0) is 4.79 Å². The topological polar surface area (TPSA) is 54.0 Å². The van der Waals surface area contributed by atoms with E-state index in [4.69, 9.17) is 0 Å². The summed E-state index contributed by atoms with van der Waals surface area (Å²) in [6.07, 6.45) is 4.61. The van der Waals surface area contributed by atoms with E-state index >= 15 is 0 Å². The Kier molecular flexibility index (Phi) is 7.20. The van der Waals surface area contributed by atoms with E-state index in [0.717, 1.165) is 24.4 Å². The van der Waals surface area contributed by atoms with Crippen molar-refractivity contribution < 1.29 is 4.79 Å². The van der Waals surface area contributed by atoms with Crippen molar-refractivity contribution in [2.75, 3.05) is 18.8 Å². The fourth-order valence-corrected chi connectivity index (χ4v) is 2.71. The SMILES string of the molecule is CC1CCNCC1NC(=O)CSc1ccncc1.Cl. The van der Waals surface area contributed by atoms with E-state index in [1.165, 1.54) is 0 Å². The second-order valence-electron chi connectivity index (χ2n) is 4.62. The maximum absolute atomic E-state index is 11.9. The van der Waals surface area contributed by atoms with Crippen LogP contribution >= 0.6 is 24.2 Å². The predicted molar refractivity (Wildman–Crippen MR) is 80.8 cm³/mol. The Morgan fingerprint density at radius 1 is 1.53 bits per heavy atom. The van der Waals surface area contributed by atoms with Crippen LogP contribution in [0.4, 0.5) is 0 Å². The summed E-state index contributed by atoms with van der Waals surface area (Å²) in [6.45, 7) is 4.13. The van der Waals surface area contributed by atoms with Crippen LogP contribution in [0.2, 0.25) is 0 Å². The second kappa shape index (κ2) is 8.40. The number of rotatable bonds is 4. The number of halogens is 1. The molecule has 4 nitrogen and oxygen atoms in total. The first-order valence-electron chi connectivity index (χ1n) is 6.28. The van der Waals surface area contributed by atoms with Crippen LogP contribution < -0.4 is 10.6 Å². The van der Waals surface area contributed by atoms with Crippen molar-refractivity contribution in [1.29, 1.82) is 0 Å². The average molecular weight is 302 g/mol. The Morgan fingerprint density at radius 2 is 2.26 bits per heavy atom. The molecule has 6 heteroatoms. The van der Waals surface area contributed by atoms with Crippen molar-refractivity contribution >= 4 is 30.1 Å². The molecule has 1 aromatic rings. The number of pyridine rings is 1. The van der Waals surface area contributed by atoms with Crippen LogP contribution in [0, 0.1) is 5.92 Å². The zero-order valence-corrected chi connectivity index (χ0v) is 12.6. The summed E-state index contributed by atoms with van der Waals surface area (Å²) in [6, 6.07) is 4.11. The number of carbonyl (C=O) groups excluding carboxylic acids is 1. The van der Waals surface area contributed by atoms with Crippen LogP contribution in [0.3, 0.4) is 0 Å². The summed E-state index contributed by atoms with van der Waals surface area (Å²) in [5, 5.41) is 6.42. The minimum absolute atomic E-state index is 0. The van der Waals surface area contributed by atoms with Gasteiger partial charge in [-0.25, -0.2) is 0 Å². The van der Waals surface area contributed by atoms with E-state index in [9.17, 15) is 4.79 Å². The molecule has 2 N–H and O–H groups in total. The average Bonchev–Trinajstić information content (AvgIpc) is 2.40. The summed E-state index contributed by atoms with van der Waals surface area (Å²) >= 11 is 1.55. The van der Waals surface area contributed by atoms with Crippen LogP contribution in [0.15, 0.2) is 29.4 Å². The molecule has 19 heavy (non-hydrogen) atoms. The quantitative estimate of drug-likeness (QED) is 0.831. The Labute approximate surface area is 124 Å². The van der Waals surface area contributed by atoms with E-state index in [2.05, 4.69) is 22.5 Å². The van der Waals surface area contributed by atoms with Gasteiger partial charge in [-0.2, -0.15) is 0 Å². The molecule has 1 aliphatic rings. The van der Waals surface area contributed by atoms with Gasteiger partial charge in [0.05, 0.1) is 5.75 Å².